The fourth-order valence-electron chi connectivity index (χ4n) is 1.98. The largest absolute Gasteiger partial charge is 0.490 e. The minimum Gasteiger partial charge on any atom is -0.490 e. The van der Waals surface area contributed by atoms with E-state index in [9.17, 15) is 0 Å². The summed E-state index contributed by atoms with van der Waals surface area (Å²) in [5.41, 5.74) is 7.96. The maximum absolute atomic E-state index is 5.70. The molecular weight excluding hydrogens is 250 g/mol. The van der Waals surface area contributed by atoms with Gasteiger partial charge >= 0.3 is 0 Å². The summed E-state index contributed by atoms with van der Waals surface area (Å²) in [5.74, 6) is 1.72. The highest BCUT2D eigenvalue weighted by atomic mass is 16.5. The molecule has 0 heterocycles. The summed E-state index contributed by atoms with van der Waals surface area (Å²) in [4.78, 5) is 0. The molecule has 0 bridgehead atoms. The molecule has 0 aliphatic heterocycles. The van der Waals surface area contributed by atoms with Crippen LogP contribution in [-0.4, -0.2) is 13.2 Å². The molecule has 0 saturated carbocycles. The number of para-hydroxylation sites is 1. The number of benzene rings is 2. The highest BCUT2D eigenvalue weighted by Crippen LogP contribution is 2.17. The van der Waals surface area contributed by atoms with E-state index in [0.29, 0.717) is 19.8 Å². The molecule has 106 valence electrons. The molecule has 3 heteroatoms. The molecule has 2 aromatic carbocycles. The fraction of sp³-hybridized carbons (Fsp3) is 0.294. The Kier molecular flexibility index (Phi) is 5.44. The number of hydrogen-bond acceptors (Lipinski definition) is 3. The lowest BCUT2D eigenvalue weighted by molar-refractivity contribution is 0.216. The standard InChI is InChI=1S/C17H21NO2/c1-2-14-6-5-8-16(12-14)19-10-11-20-17-9-4-3-7-15(17)13-18/h3-9,12H,2,10-11,13,18H2,1H3. The van der Waals surface area contributed by atoms with E-state index in [1.165, 1.54) is 5.56 Å². The second-order valence-corrected chi connectivity index (χ2v) is 4.51. The molecule has 0 aliphatic rings. The number of hydrogen-bond donors (Lipinski definition) is 1. The smallest absolute Gasteiger partial charge is 0.123 e. The summed E-state index contributed by atoms with van der Waals surface area (Å²) < 4.78 is 11.4. The minimum atomic E-state index is 0.482. The van der Waals surface area contributed by atoms with Gasteiger partial charge in [-0.3, -0.25) is 0 Å². The van der Waals surface area contributed by atoms with E-state index >= 15 is 0 Å². The van der Waals surface area contributed by atoms with E-state index in [4.69, 9.17) is 15.2 Å². The molecular formula is C17H21NO2. The summed E-state index contributed by atoms with van der Waals surface area (Å²) in [7, 11) is 0. The van der Waals surface area contributed by atoms with Crippen LogP contribution < -0.4 is 15.2 Å². The van der Waals surface area contributed by atoms with Crippen molar-refractivity contribution in [1.82, 2.24) is 0 Å². The van der Waals surface area contributed by atoms with Crippen molar-refractivity contribution in [3.63, 3.8) is 0 Å². The fourth-order valence-corrected chi connectivity index (χ4v) is 1.98. The highest BCUT2D eigenvalue weighted by Gasteiger charge is 2.01. The van der Waals surface area contributed by atoms with E-state index in [1.807, 2.05) is 36.4 Å². The Bertz CT molecular complexity index is 540. The molecule has 0 atom stereocenters. The monoisotopic (exact) mass is 271 g/mol. The number of aryl methyl sites for hydroxylation is 1. The molecule has 2 N–H and O–H groups in total. The van der Waals surface area contributed by atoms with Crippen molar-refractivity contribution in [2.45, 2.75) is 19.9 Å². The zero-order valence-electron chi connectivity index (χ0n) is 11.8. The molecule has 2 rings (SSSR count). The first-order valence-corrected chi connectivity index (χ1v) is 6.96. The van der Waals surface area contributed by atoms with Gasteiger partial charge in [0.2, 0.25) is 0 Å². The van der Waals surface area contributed by atoms with Gasteiger partial charge in [-0.15, -0.1) is 0 Å². The van der Waals surface area contributed by atoms with Gasteiger partial charge in [-0.25, -0.2) is 0 Å². The van der Waals surface area contributed by atoms with Crippen molar-refractivity contribution < 1.29 is 9.47 Å². The zero-order valence-corrected chi connectivity index (χ0v) is 11.8. The molecule has 0 unspecified atom stereocenters. The van der Waals surface area contributed by atoms with Gasteiger partial charge in [0.25, 0.3) is 0 Å². The molecule has 0 radical (unpaired) electrons. The second kappa shape index (κ2) is 7.56. The molecule has 0 fully saturated rings. The molecule has 3 nitrogen and oxygen atoms in total. The highest BCUT2D eigenvalue weighted by molar-refractivity contribution is 5.33. The van der Waals surface area contributed by atoms with Crippen molar-refractivity contribution in [1.29, 1.82) is 0 Å². The predicted molar refractivity (Wildman–Crippen MR) is 81.1 cm³/mol. The summed E-state index contributed by atoms with van der Waals surface area (Å²) >= 11 is 0. The maximum atomic E-state index is 5.70. The lowest BCUT2D eigenvalue weighted by Gasteiger charge is -2.11. The van der Waals surface area contributed by atoms with Gasteiger partial charge in [0.1, 0.15) is 24.7 Å². The van der Waals surface area contributed by atoms with Crippen LogP contribution in [0.4, 0.5) is 0 Å². The van der Waals surface area contributed by atoms with Crippen molar-refractivity contribution >= 4 is 0 Å². The van der Waals surface area contributed by atoms with E-state index in [1.54, 1.807) is 0 Å². The predicted octanol–water partition coefficient (Wildman–Crippen LogP) is 3.17. The van der Waals surface area contributed by atoms with E-state index in [2.05, 4.69) is 19.1 Å². The van der Waals surface area contributed by atoms with Crippen LogP contribution in [0.15, 0.2) is 48.5 Å². The summed E-state index contributed by atoms with van der Waals surface area (Å²) in [6.07, 6.45) is 1.01. The molecule has 20 heavy (non-hydrogen) atoms. The van der Waals surface area contributed by atoms with E-state index in [-0.39, 0.29) is 0 Å². The van der Waals surface area contributed by atoms with Crippen LogP contribution in [-0.2, 0) is 13.0 Å². The summed E-state index contributed by atoms with van der Waals surface area (Å²) in [6, 6.07) is 15.9. The normalized spacial score (nSPS) is 10.3. The van der Waals surface area contributed by atoms with Gasteiger partial charge in [-0.1, -0.05) is 37.3 Å². The van der Waals surface area contributed by atoms with Crippen LogP contribution >= 0.6 is 0 Å². The Labute approximate surface area is 120 Å². The first-order valence-electron chi connectivity index (χ1n) is 6.96. The number of ether oxygens (including phenoxy) is 2. The molecule has 0 spiro atoms. The van der Waals surface area contributed by atoms with Crippen molar-refractivity contribution in [2.75, 3.05) is 13.2 Å². The first kappa shape index (κ1) is 14.4. The second-order valence-electron chi connectivity index (χ2n) is 4.51. The van der Waals surface area contributed by atoms with Crippen LogP contribution in [0.1, 0.15) is 18.1 Å². The molecule has 0 amide bonds. The van der Waals surface area contributed by atoms with Crippen LogP contribution in [0.25, 0.3) is 0 Å². The van der Waals surface area contributed by atoms with Gasteiger partial charge in [-0.05, 0) is 30.2 Å². The number of rotatable bonds is 7. The Balaban J connectivity index is 1.81. The summed E-state index contributed by atoms with van der Waals surface area (Å²) in [6.45, 7) is 3.64. The third kappa shape index (κ3) is 4.00. The third-order valence-electron chi connectivity index (χ3n) is 3.11. The van der Waals surface area contributed by atoms with Crippen molar-refractivity contribution in [2.24, 2.45) is 5.73 Å². The SMILES string of the molecule is CCc1cccc(OCCOc2ccccc2CN)c1. The van der Waals surface area contributed by atoms with Crippen LogP contribution in [0, 0.1) is 0 Å². The zero-order chi connectivity index (χ0) is 14.2. The van der Waals surface area contributed by atoms with Gasteiger partial charge < -0.3 is 15.2 Å². The number of nitrogens with two attached hydrogens (primary N) is 1. The average molecular weight is 271 g/mol. The van der Waals surface area contributed by atoms with Crippen molar-refractivity contribution in [3.8, 4) is 11.5 Å². The Morgan fingerprint density at radius 3 is 2.55 bits per heavy atom. The summed E-state index contributed by atoms with van der Waals surface area (Å²) in [5, 5.41) is 0. The van der Waals surface area contributed by atoms with Gasteiger partial charge in [0, 0.05) is 12.1 Å². The first-order chi connectivity index (χ1) is 9.83. The van der Waals surface area contributed by atoms with E-state index in [0.717, 1.165) is 23.5 Å². The lowest BCUT2D eigenvalue weighted by atomic mass is 10.2. The lowest BCUT2D eigenvalue weighted by Crippen LogP contribution is -2.11. The van der Waals surface area contributed by atoms with Crippen LogP contribution in [0.5, 0.6) is 11.5 Å². The average Bonchev–Trinajstić information content (AvgIpc) is 2.52. The van der Waals surface area contributed by atoms with Gasteiger partial charge in [0.15, 0.2) is 0 Å². The topological polar surface area (TPSA) is 44.5 Å². The van der Waals surface area contributed by atoms with Gasteiger partial charge in [-0.2, -0.15) is 0 Å². The van der Waals surface area contributed by atoms with Gasteiger partial charge in [0.05, 0.1) is 0 Å². The van der Waals surface area contributed by atoms with Crippen molar-refractivity contribution in [3.05, 3.63) is 59.7 Å². The van der Waals surface area contributed by atoms with Crippen LogP contribution in [0.2, 0.25) is 0 Å². The third-order valence-corrected chi connectivity index (χ3v) is 3.11. The maximum Gasteiger partial charge on any atom is 0.123 e. The molecule has 2 aromatic rings. The van der Waals surface area contributed by atoms with E-state index < -0.39 is 0 Å². The Morgan fingerprint density at radius 2 is 1.75 bits per heavy atom. The Morgan fingerprint density at radius 1 is 0.950 bits per heavy atom. The molecule has 0 aromatic heterocycles. The minimum absolute atomic E-state index is 0.482. The quantitative estimate of drug-likeness (QED) is 0.787. The molecule has 0 saturated heterocycles. The Hall–Kier alpha value is -2.00. The molecule has 0 aliphatic carbocycles. The van der Waals surface area contributed by atoms with Crippen LogP contribution in [0.3, 0.4) is 0 Å².